The Balaban J connectivity index is 1.74. The SMILES string of the molecule is CCOc1ccc(C(=O)NC(C(=O)Nc2nc3ccccc3[nH]2)C(C)C)cc1OCC. The van der Waals surface area contributed by atoms with Crippen LogP contribution in [0.15, 0.2) is 42.5 Å². The smallest absolute Gasteiger partial charge is 0.252 e. The van der Waals surface area contributed by atoms with Gasteiger partial charge in [0.25, 0.3) is 5.91 Å². The summed E-state index contributed by atoms with van der Waals surface area (Å²) in [7, 11) is 0. The first-order valence-corrected chi connectivity index (χ1v) is 10.4. The number of imidazole rings is 1. The fraction of sp³-hybridized carbons (Fsp3) is 0.348. The van der Waals surface area contributed by atoms with Crippen LogP contribution in [0.4, 0.5) is 5.95 Å². The van der Waals surface area contributed by atoms with Crippen molar-refractivity contribution in [2.75, 3.05) is 18.5 Å². The Kier molecular flexibility index (Phi) is 7.12. The average molecular weight is 425 g/mol. The molecule has 0 aliphatic carbocycles. The second kappa shape index (κ2) is 9.97. The molecule has 1 atom stereocenters. The first kappa shape index (κ1) is 22.1. The number of anilines is 1. The van der Waals surface area contributed by atoms with E-state index in [1.807, 2.05) is 52.0 Å². The van der Waals surface area contributed by atoms with Gasteiger partial charge in [0.2, 0.25) is 11.9 Å². The summed E-state index contributed by atoms with van der Waals surface area (Å²) in [6.07, 6.45) is 0. The first-order chi connectivity index (χ1) is 14.9. The summed E-state index contributed by atoms with van der Waals surface area (Å²) in [5, 5.41) is 5.58. The maximum atomic E-state index is 12.9. The predicted octanol–water partition coefficient (Wildman–Crippen LogP) is 3.75. The average Bonchev–Trinajstić information content (AvgIpc) is 3.15. The number of hydrogen-bond acceptors (Lipinski definition) is 5. The van der Waals surface area contributed by atoms with Crippen LogP contribution in [0.5, 0.6) is 11.5 Å². The van der Waals surface area contributed by atoms with Crippen molar-refractivity contribution in [1.29, 1.82) is 0 Å². The minimum Gasteiger partial charge on any atom is -0.490 e. The third-order valence-corrected chi connectivity index (χ3v) is 4.67. The lowest BCUT2D eigenvalue weighted by Crippen LogP contribution is -2.47. The number of H-pyrrole nitrogens is 1. The van der Waals surface area contributed by atoms with Gasteiger partial charge in [0.15, 0.2) is 11.5 Å². The van der Waals surface area contributed by atoms with E-state index in [0.29, 0.717) is 36.2 Å². The van der Waals surface area contributed by atoms with E-state index < -0.39 is 6.04 Å². The molecule has 0 aliphatic rings. The summed E-state index contributed by atoms with van der Waals surface area (Å²) in [4.78, 5) is 33.2. The molecule has 164 valence electrons. The minimum absolute atomic E-state index is 0.137. The summed E-state index contributed by atoms with van der Waals surface area (Å²) in [5.74, 6) is 0.544. The maximum absolute atomic E-state index is 12.9. The van der Waals surface area contributed by atoms with Crippen molar-refractivity contribution in [3.63, 3.8) is 0 Å². The van der Waals surface area contributed by atoms with Crippen LogP contribution in [0.3, 0.4) is 0 Å². The van der Waals surface area contributed by atoms with Crippen LogP contribution in [0.2, 0.25) is 0 Å². The van der Waals surface area contributed by atoms with E-state index in [0.717, 1.165) is 11.0 Å². The van der Waals surface area contributed by atoms with E-state index >= 15 is 0 Å². The monoisotopic (exact) mass is 424 g/mol. The Labute approximate surface area is 181 Å². The van der Waals surface area contributed by atoms with Crippen LogP contribution in [0.25, 0.3) is 11.0 Å². The van der Waals surface area contributed by atoms with Gasteiger partial charge in [0.1, 0.15) is 6.04 Å². The Morgan fingerprint density at radius 2 is 1.74 bits per heavy atom. The molecule has 0 saturated carbocycles. The number of fused-ring (bicyclic) bond motifs is 1. The number of nitrogens with one attached hydrogen (secondary N) is 3. The van der Waals surface area contributed by atoms with Crippen molar-refractivity contribution >= 4 is 28.8 Å². The summed E-state index contributed by atoms with van der Waals surface area (Å²) < 4.78 is 11.1. The number of amides is 2. The highest BCUT2D eigenvalue weighted by Gasteiger charge is 2.26. The minimum atomic E-state index is -0.747. The van der Waals surface area contributed by atoms with Gasteiger partial charge in [-0.15, -0.1) is 0 Å². The molecule has 31 heavy (non-hydrogen) atoms. The highest BCUT2D eigenvalue weighted by molar-refractivity contribution is 6.01. The van der Waals surface area contributed by atoms with Crippen LogP contribution in [-0.2, 0) is 4.79 Å². The summed E-state index contributed by atoms with van der Waals surface area (Å²) >= 11 is 0. The van der Waals surface area contributed by atoms with Crippen molar-refractivity contribution in [3.05, 3.63) is 48.0 Å². The lowest BCUT2D eigenvalue weighted by molar-refractivity contribution is -0.118. The van der Waals surface area contributed by atoms with Gasteiger partial charge in [-0.2, -0.15) is 0 Å². The Morgan fingerprint density at radius 1 is 1.03 bits per heavy atom. The molecule has 2 amide bonds. The standard InChI is InChI=1S/C23H28N4O4/c1-5-30-18-12-11-15(13-19(18)31-6-2)21(28)26-20(14(3)4)22(29)27-23-24-16-9-7-8-10-17(16)25-23/h7-14,20H,5-6H2,1-4H3,(H,26,28)(H2,24,25,27,29). The van der Waals surface area contributed by atoms with Crippen LogP contribution >= 0.6 is 0 Å². The Bertz CT molecular complexity index is 1030. The number of aromatic nitrogens is 2. The van der Waals surface area contributed by atoms with Crippen molar-refractivity contribution in [2.24, 2.45) is 5.92 Å². The number of ether oxygens (including phenoxy) is 2. The van der Waals surface area contributed by atoms with Crippen molar-refractivity contribution < 1.29 is 19.1 Å². The molecule has 0 fully saturated rings. The predicted molar refractivity (Wildman–Crippen MR) is 120 cm³/mol. The first-order valence-electron chi connectivity index (χ1n) is 10.4. The largest absolute Gasteiger partial charge is 0.490 e. The maximum Gasteiger partial charge on any atom is 0.252 e. The molecular formula is C23H28N4O4. The van der Waals surface area contributed by atoms with Gasteiger partial charge >= 0.3 is 0 Å². The summed E-state index contributed by atoms with van der Waals surface area (Å²) in [6, 6.07) is 11.7. The van der Waals surface area contributed by atoms with Gasteiger partial charge in [0.05, 0.1) is 24.2 Å². The number of rotatable bonds is 9. The van der Waals surface area contributed by atoms with Crippen molar-refractivity contribution in [1.82, 2.24) is 15.3 Å². The highest BCUT2D eigenvalue weighted by Crippen LogP contribution is 2.28. The van der Waals surface area contributed by atoms with Gasteiger partial charge in [-0.3, -0.25) is 14.9 Å². The zero-order valence-corrected chi connectivity index (χ0v) is 18.2. The number of carbonyl (C=O) groups is 2. The van der Waals surface area contributed by atoms with E-state index in [2.05, 4.69) is 20.6 Å². The third kappa shape index (κ3) is 5.33. The lowest BCUT2D eigenvalue weighted by Gasteiger charge is -2.21. The van der Waals surface area contributed by atoms with E-state index in [1.165, 1.54) is 0 Å². The Hall–Kier alpha value is -3.55. The van der Waals surface area contributed by atoms with Crippen LogP contribution in [-0.4, -0.2) is 41.0 Å². The summed E-state index contributed by atoms with van der Waals surface area (Å²) in [5.41, 5.74) is 1.95. The quantitative estimate of drug-likeness (QED) is 0.485. The molecule has 0 saturated heterocycles. The van der Waals surface area contributed by atoms with E-state index in [4.69, 9.17) is 9.47 Å². The molecule has 2 aromatic carbocycles. The Morgan fingerprint density at radius 3 is 2.42 bits per heavy atom. The third-order valence-electron chi connectivity index (χ3n) is 4.67. The number of benzene rings is 2. The van der Waals surface area contributed by atoms with Gasteiger partial charge in [-0.1, -0.05) is 26.0 Å². The lowest BCUT2D eigenvalue weighted by atomic mass is 10.0. The van der Waals surface area contributed by atoms with Crippen LogP contribution < -0.4 is 20.1 Å². The number of aromatic amines is 1. The number of carbonyl (C=O) groups excluding carboxylic acids is 2. The van der Waals surface area contributed by atoms with Gasteiger partial charge in [-0.05, 0) is 50.1 Å². The molecule has 3 aromatic rings. The molecule has 0 radical (unpaired) electrons. The van der Waals surface area contributed by atoms with Crippen LogP contribution in [0.1, 0.15) is 38.1 Å². The van der Waals surface area contributed by atoms with Crippen LogP contribution in [0, 0.1) is 5.92 Å². The second-order valence-electron chi connectivity index (χ2n) is 7.31. The van der Waals surface area contributed by atoms with Gasteiger partial charge < -0.3 is 19.8 Å². The molecule has 0 aliphatic heterocycles. The molecule has 3 N–H and O–H groups in total. The second-order valence-corrected chi connectivity index (χ2v) is 7.31. The zero-order chi connectivity index (χ0) is 22.4. The van der Waals surface area contributed by atoms with Gasteiger partial charge in [0, 0.05) is 5.56 Å². The number of hydrogen-bond donors (Lipinski definition) is 3. The van der Waals surface area contributed by atoms with Crippen molar-refractivity contribution in [2.45, 2.75) is 33.7 Å². The molecule has 8 nitrogen and oxygen atoms in total. The number of para-hydroxylation sites is 2. The van der Waals surface area contributed by atoms with E-state index in [1.54, 1.807) is 18.2 Å². The fourth-order valence-corrected chi connectivity index (χ4v) is 3.16. The fourth-order valence-electron chi connectivity index (χ4n) is 3.16. The molecule has 1 unspecified atom stereocenters. The van der Waals surface area contributed by atoms with E-state index in [-0.39, 0.29) is 17.7 Å². The molecular weight excluding hydrogens is 396 g/mol. The topological polar surface area (TPSA) is 105 Å². The normalized spacial score (nSPS) is 11.9. The summed E-state index contributed by atoms with van der Waals surface area (Å²) in [6.45, 7) is 8.41. The molecule has 0 bridgehead atoms. The van der Waals surface area contributed by atoms with E-state index in [9.17, 15) is 9.59 Å². The molecule has 1 heterocycles. The zero-order valence-electron chi connectivity index (χ0n) is 18.2. The molecule has 8 heteroatoms. The molecule has 0 spiro atoms. The number of nitrogens with zero attached hydrogens (tertiary/aromatic N) is 1. The van der Waals surface area contributed by atoms with Gasteiger partial charge in [-0.25, -0.2) is 4.98 Å². The molecule has 1 aromatic heterocycles. The van der Waals surface area contributed by atoms with Crippen molar-refractivity contribution in [3.8, 4) is 11.5 Å². The molecule has 3 rings (SSSR count). The highest BCUT2D eigenvalue weighted by atomic mass is 16.5.